The monoisotopic (exact) mass is 475 g/mol. The van der Waals surface area contributed by atoms with Crippen LogP contribution in [0.4, 0.5) is 0 Å². The minimum atomic E-state index is -1.09. The summed E-state index contributed by atoms with van der Waals surface area (Å²) in [5, 5.41) is 11.2. The number of nitrogens with two attached hydrogens (primary N) is 1. The van der Waals surface area contributed by atoms with Gasteiger partial charge in [-0.2, -0.15) is 0 Å². The molecule has 0 fully saturated rings. The molecule has 1 aliphatic rings. The fraction of sp³-hybridized carbons (Fsp3) is 0.793. The fourth-order valence-electron chi connectivity index (χ4n) is 4.81. The Labute approximate surface area is 210 Å². The first kappa shape index (κ1) is 30.6. The van der Waals surface area contributed by atoms with Gasteiger partial charge in [0.05, 0.1) is 12.2 Å². The number of nitrogens with zero attached hydrogens (tertiary/aromatic N) is 2. The minimum absolute atomic E-state index is 0.109. The number of aliphatic carboxylic acids is 1. The zero-order valence-electron chi connectivity index (χ0n) is 22.3. The van der Waals surface area contributed by atoms with E-state index in [4.69, 9.17) is 5.73 Å². The zero-order chi connectivity index (χ0) is 24.9. The lowest BCUT2D eigenvalue weighted by molar-refractivity contribution is -0.808. The molecule has 0 aromatic rings. The Balaban J connectivity index is 1.91. The maximum absolute atomic E-state index is 11.2. The molecule has 0 saturated heterocycles. The summed E-state index contributed by atoms with van der Waals surface area (Å²) in [5.74, 6) is -0.228. The van der Waals surface area contributed by atoms with Crippen LogP contribution >= 0.6 is 0 Å². The standard InChI is InChI=1S/C29H53N3O2/c1-3-4-5-6-7-8-9-10-11-12-13-14-15-16-17-18-19-20-21-22-23-28-31-24-25-32(28,27(2)30)26-29(33)34/h9-10,24-25,27H,3-8,11-23,26,30H2,1-2H3/b10-9+. The molecule has 0 amide bonds. The number of carbonyl (C=O) groups is 1. The summed E-state index contributed by atoms with van der Waals surface area (Å²) < 4.78 is 0.109. The molecule has 0 radical (unpaired) electrons. The largest absolute Gasteiger partial charge is 0.544 e. The van der Waals surface area contributed by atoms with Gasteiger partial charge in [0.2, 0.25) is 5.84 Å². The van der Waals surface area contributed by atoms with Gasteiger partial charge in [-0.15, -0.1) is 0 Å². The van der Waals surface area contributed by atoms with Crippen molar-refractivity contribution < 1.29 is 14.4 Å². The molecular formula is C29H53N3O2. The van der Waals surface area contributed by atoms with Crippen LogP contribution in [0.25, 0.3) is 0 Å². The van der Waals surface area contributed by atoms with Crippen LogP contribution in [0.1, 0.15) is 136 Å². The molecule has 0 saturated carbocycles. The van der Waals surface area contributed by atoms with Crippen molar-refractivity contribution >= 4 is 11.8 Å². The SMILES string of the molecule is CCCCCCC/C=C/CCCCCCCCCCCCCC1=NC=C[N+]1(CC(=O)[O-])C(C)N. The number of quaternary nitrogens is 1. The lowest BCUT2D eigenvalue weighted by atomic mass is 10.0. The van der Waals surface area contributed by atoms with Crippen LogP contribution in [0.5, 0.6) is 0 Å². The first-order valence-corrected chi connectivity index (χ1v) is 14.3. The Morgan fingerprint density at radius 1 is 0.882 bits per heavy atom. The molecular weight excluding hydrogens is 422 g/mol. The maximum Gasteiger partial charge on any atom is 0.209 e. The van der Waals surface area contributed by atoms with Crippen LogP contribution < -0.4 is 10.8 Å². The molecule has 1 rings (SSSR count). The highest BCUT2D eigenvalue weighted by Gasteiger charge is 2.38. The van der Waals surface area contributed by atoms with Crippen LogP contribution in [0.2, 0.25) is 0 Å². The Morgan fingerprint density at radius 2 is 1.35 bits per heavy atom. The summed E-state index contributed by atoms with van der Waals surface area (Å²) >= 11 is 0. The predicted octanol–water partition coefficient (Wildman–Crippen LogP) is 6.73. The smallest absolute Gasteiger partial charge is 0.209 e. The Morgan fingerprint density at radius 3 is 1.82 bits per heavy atom. The van der Waals surface area contributed by atoms with Crippen molar-refractivity contribution in [2.45, 2.75) is 142 Å². The molecule has 5 nitrogen and oxygen atoms in total. The number of hydrogen-bond donors (Lipinski definition) is 1. The third-order valence-corrected chi connectivity index (χ3v) is 7.07. The van der Waals surface area contributed by atoms with Gasteiger partial charge in [0.25, 0.3) is 0 Å². The molecule has 0 aliphatic carbocycles. The summed E-state index contributed by atoms with van der Waals surface area (Å²) in [6, 6.07) is 0. The molecule has 0 aromatic heterocycles. The highest BCUT2D eigenvalue weighted by molar-refractivity contribution is 5.81. The first-order chi connectivity index (χ1) is 16.5. The van der Waals surface area contributed by atoms with E-state index >= 15 is 0 Å². The number of rotatable bonds is 23. The van der Waals surface area contributed by atoms with Crippen molar-refractivity contribution in [3.63, 3.8) is 0 Å². The number of carboxylic acids is 1. The van der Waals surface area contributed by atoms with Gasteiger partial charge in [0, 0.05) is 13.3 Å². The topological polar surface area (TPSA) is 78.5 Å². The van der Waals surface area contributed by atoms with Gasteiger partial charge in [-0.05, 0) is 32.1 Å². The van der Waals surface area contributed by atoms with Gasteiger partial charge < -0.3 is 9.90 Å². The first-order valence-electron chi connectivity index (χ1n) is 14.3. The molecule has 34 heavy (non-hydrogen) atoms. The third kappa shape index (κ3) is 13.4. The van der Waals surface area contributed by atoms with Crippen molar-refractivity contribution in [1.29, 1.82) is 0 Å². The number of amidine groups is 1. The molecule has 0 bridgehead atoms. The summed E-state index contributed by atoms with van der Waals surface area (Å²) in [7, 11) is 0. The van der Waals surface area contributed by atoms with Gasteiger partial charge in [-0.25, -0.2) is 9.48 Å². The van der Waals surface area contributed by atoms with Gasteiger partial charge in [0.1, 0.15) is 18.9 Å². The second-order valence-electron chi connectivity index (χ2n) is 10.1. The number of allylic oxidation sites excluding steroid dienone is 2. The Bertz CT molecular complexity index is 612. The van der Waals surface area contributed by atoms with E-state index in [1.54, 1.807) is 12.4 Å². The van der Waals surface area contributed by atoms with Crippen molar-refractivity contribution in [2.24, 2.45) is 10.7 Å². The lowest BCUT2D eigenvalue weighted by Gasteiger charge is -2.36. The number of carbonyl (C=O) groups excluding carboxylic acids is 1. The summed E-state index contributed by atoms with van der Waals surface area (Å²) in [4.78, 5) is 15.6. The molecule has 196 valence electrons. The molecule has 2 N–H and O–H groups in total. The molecule has 5 heteroatoms. The minimum Gasteiger partial charge on any atom is -0.544 e. The van der Waals surface area contributed by atoms with E-state index in [1.165, 1.54) is 103 Å². The van der Waals surface area contributed by atoms with E-state index in [-0.39, 0.29) is 17.2 Å². The highest BCUT2D eigenvalue weighted by atomic mass is 16.4. The normalized spacial score (nSPS) is 18.6. The Hall–Kier alpha value is -1.46. The van der Waals surface area contributed by atoms with Gasteiger partial charge >= 0.3 is 0 Å². The van der Waals surface area contributed by atoms with Gasteiger partial charge in [-0.1, -0.05) is 103 Å². The molecule has 1 heterocycles. The predicted molar refractivity (Wildman–Crippen MR) is 143 cm³/mol. The van der Waals surface area contributed by atoms with Crippen LogP contribution in [0, 0.1) is 0 Å². The maximum atomic E-state index is 11.2. The van der Waals surface area contributed by atoms with E-state index in [0.717, 1.165) is 25.1 Å². The van der Waals surface area contributed by atoms with Crippen molar-refractivity contribution in [3.8, 4) is 0 Å². The van der Waals surface area contributed by atoms with Crippen molar-refractivity contribution in [2.75, 3.05) is 6.54 Å². The van der Waals surface area contributed by atoms with Gasteiger partial charge in [-0.3, -0.25) is 5.73 Å². The number of aliphatic imine (C=N–C) groups is 1. The fourth-order valence-corrected chi connectivity index (χ4v) is 4.81. The summed E-state index contributed by atoms with van der Waals surface area (Å²) in [5.41, 5.74) is 6.10. The van der Waals surface area contributed by atoms with E-state index in [1.807, 2.05) is 6.92 Å². The van der Waals surface area contributed by atoms with E-state index in [2.05, 4.69) is 24.1 Å². The van der Waals surface area contributed by atoms with Crippen LogP contribution in [-0.2, 0) is 4.79 Å². The number of carboxylic acid groups (broad SMARTS) is 1. The van der Waals surface area contributed by atoms with E-state index < -0.39 is 5.97 Å². The molecule has 2 atom stereocenters. The second kappa shape index (κ2) is 19.8. The lowest BCUT2D eigenvalue weighted by Crippen LogP contribution is -2.60. The average Bonchev–Trinajstić information content (AvgIpc) is 3.20. The Kier molecular flexibility index (Phi) is 17.8. The second-order valence-corrected chi connectivity index (χ2v) is 10.1. The summed E-state index contributed by atoms with van der Waals surface area (Å²) in [6.45, 7) is 3.97. The van der Waals surface area contributed by atoms with Crippen molar-refractivity contribution in [1.82, 2.24) is 0 Å². The van der Waals surface area contributed by atoms with Gasteiger partial charge in [0.15, 0.2) is 0 Å². The molecule has 2 unspecified atom stereocenters. The third-order valence-electron chi connectivity index (χ3n) is 7.07. The molecule has 0 aromatic carbocycles. The van der Waals surface area contributed by atoms with Crippen LogP contribution in [-0.4, -0.2) is 29.0 Å². The quantitative estimate of drug-likeness (QED) is 0.101. The molecule has 1 aliphatic heterocycles. The molecule has 0 spiro atoms. The van der Waals surface area contributed by atoms with Crippen molar-refractivity contribution in [3.05, 3.63) is 24.6 Å². The number of unbranched alkanes of at least 4 members (excludes halogenated alkanes) is 16. The zero-order valence-corrected chi connectivity index (χ0v) is 22.3. The van der Waals surface area contributed by atoms with E-state index in [0.29, 0.717) is 0 Å². The highest BCUT2D eigenvalue weighted by Crippen LogP contribution is 2.23. The summed E-state index contributed by atoms with van der Waals surface area (Å²) in [6.07, 6.45) is 32.4. The van der Waals surface area contributed by atoms with Crippen LogP contribution in [0.15, 0.2) is 29.5 Å². The van der Waals surface area contributed by atoms with Crippen LogP contribution in [0.3, 0.4) is 0 Å². The average molecular weight is 476 g/mol. The van der Waals surface area contributed by atoms with E-state index in [9.17, 15) is 9.90 Å². The number of hydrogen-bond acceptors (Lipinski definition) is 4.